The third-order valence-corrected chi connectivity index (χ3v) is 3.62. The number of aromatic nitrogens is 3. The van der Waals surface area contributed by atoms with Crippen molar-refractivity contribution in [3.8, 4) is 17.1 Å². The van der Waals surface area contributed by atoms with Crippen LogP contribution >= 0.6 is 0 Å². The lowest BCUT2D eigenvalue weighted by Crippen LogP contribution is -2.11. The van der Waals surface area contributed by atoms with Crippen molar-refractivity contribution in [3.63, 3.8) is 0 Å². The summed E-state index contributed by atoms with van der Waals surface area (Å²) in [5.41, 5.74) is -0.0764. The van der Waals surface area contributed by atoms with Crippen molar-refractivity contribution in [2.24, 2.45) is 0 Å². The molecule has 9 heteroatoms. The molecule has 0 radical (unpaired) electrons. The molecule has 0 unspecified atom stereocenters. The summed E-state index contributed by atoms with van der Waals surface area (Å²) in [5.74, 6) is 0.525. The summed E-state index contributed by atoms with van der Waals surface area (Å²) in [7, 11) is 1.56. The first-order valence-corrected chi connectivity index (χ1v) is 8.31. The zero-order chi connectivity index (χ0) is 20.0. The third kappa shape index (κ3) is 5.17. The molecular formula is C19H17F3N4O2. The Hall–Kier alpha value is -3.20. The number of halogens is 3. The Morgan fingerprint density at radius 2 is 1.79 bits per heavy atom. The van der Waals surface area contributed by atoms with Crippen LogP contribution in [-0.2, 0) is 10.9 Å². The van der Waals surface area contributed by atoms with Gasteiger partial charge in [-0.05, 0) is 24.3 Å². The van der Waals surface area contributed by atoms with E-state index in [1.54, 1.807) is 43.5 Å². The van der Waals surface area contributed by atoms with Gasteiger partial charge >= 0.3 is 6.18 Å². The standard InChI is InChI=1S/C19H17F3N4O2/c1-27-9-10-28-15-4-2-3-14(11-15)24-17-12-16(19(20,21)22)25-18(26-17)13-5-7-23-8-6-13/h2-8,11-12H,9-10H2,1H3,(H,24,25,26). The Morgan fingerprint density at radius 1 is 1.00 bits per heavy atom. The van der Waals surface area contributed by atoms with Gasteiger partial charge < -0.3 is 14.8 Å². The minimum Gasteiger partial charge on any atom is -0.491 e. The number of ether oxygens (including phenoxy) is 2. The van der Waals surface area contributed by atoms with Crippen molar-refractivity contribution in [3.05, 3.63) is 60.6 Å². The zero-order valence-electron chi connectivity index (χ0n) is 14.9. The van der Waals surface area contributed by atoms with Crippen LogP contribution in [0.1, 0.15) is 5.69 Å². The van der Waals surface area contributed by atoms with E-state index >= 15 is 0 Å². The number of hydrogen-bond donors (Lipinski definition) is 1. The van der Waals surface area contributed by atoms with Gasteiger partial charge in [-0.25, -0.2) is 9.97 Å². The molecule has 6 nitrogen and oxygen atoms in total. The van der Waals surface area contributed by atoms with Gasteiger partial charge in [0.25, 0.3) is 0 Å². The smallest absolute Gasteiger partial charge is 0.433 e. The minimum absolute atomic E-state index is 0.0168. The molecule has 3 rings (SSSR count). The first-order valence-electron chi connectivity index (χ1n) is 8.31. The molecule has 3 aromatic rings. The molecule has 0 aliphatic carbocycles. The summed E-state index contributed by atoms with van der Waals surface area (Å²) >= 11 is 0. The maximum Gasteiger partial charge on any atom is 0.433 e. The van der Waals surface area contributed by atoms with Crippen LogP contribution in [0.3, 0.4) is 0 Å². The molecule has 0 amide bonds. The molecule has 146 valence electrons. The first-order chi connectivity index (χ1) is 13.5. The van der Waals surface area contributed by atoms with Gasteiger partial charge in [-0.15, -0.1) is 0 Å². The van der Waals surface area contributed by atoms with E-state index in [1.807, 2.05) is 0 Å². The van der Waals surface area contributed by atoms with Crippen LogP contribution in [0.15, 0.2) is 54.9 Å². The normalized spacial score (nSPS) is 11.3. The van der Waals surface area contributed by atoms with E-state index in [4.69, 9.17) is 9.47 Å². The molecule has 0 aliphatic rings. The van der Waals surface area contributed by atoms with Gasteiger partial charge in [-0.2, -0.15) is 13.2 Å². The van der Waals surface area contributed by atoms with Gasteiger partial charge in [-0.1, -0.05) is 6.07 Å². The SMILES string of the molecule is COCCOc1cccc(Nc2cc(C(F)(F)F)nc(-c3ccncc3)n2)c1. The maximum atomic E-state index is 13.3. The van der Waals surface area contributed by atoms with Crippen molar-refractivity contribution in [2.45, 2.75) is 6.18 Å². The number of anilines is 2. The van der Waals surface area contributed by atoms with Crippen LogP contribution in [0.5, 0.6) is 5.75 Å². The second-order valence-electron chi connectivity index (χ2n) is 5.69. The quantitative estimate of drug-likeness (QED) is 0.606. The molecule has 0 aliphatic heterocycles. The van der Waals surface area contributed by atoms with Crippen LogP contribution in [0.4, 0.5) is 24.7 Å². The highest BCUT2D eigenvalue weighted by molar-refractivity contribution is 5.62. The van der Waals surface area contributed by atoms with E-state index in [0.29, 0.717) is 30.2 Å². The summed E-state index contributed by atoms with van der Waals surface area (Å²) < 4.78 is 50.3. The molecule has 0 saturated carbocycles. The van der Waals surface area contributed by atoms with Crippen LogP contribution in [0.25, 0.3) is 11.4 Å². The Bertz CT molecular complexity index is 921. The fraction of sp³-hybridized carbons (Fsp3) is 0.211. The van der Waals surface area contributed by atoms with Crippen molar-refractivity contribution in [1.29, 1.82) is 0 Å². The lowest BCUT2D eigenvalue weighted by Gasteiger charge is -2.13. The minimum atomic E-state index is -4.60. The summed E-state index contributed by atoms with van der Waals surface area (Å²) in [6.07, 6.45) is -1.67. The van der Waals surface area contributed by atoms with Gasteiger partial charge in [0, 0.05) is 42.9 Å². The average Bonchev–Trinajstić information content (AvgIpc) is 2.68. The maximum absolute atomic E-state index is 13.3. The molecule has 2 heterocycles. The Labute approximate surface area is 159 Å². The molecule has 0 spiro atoms. The molecule has 2 aromatic heterocycles. The van der Waals surface area contributed by atoms with Crippen LogP contribution < -0.4 is 10.1 Å². The van der Waals surface area contributed by atoms with E-state index < -0.39 is 11.9 Å². The number of nitrogens with zero attached hydrogens (tertiary/aromatic N) is 3. The highest BCUT2D eigenvalue weighted by atomic mass is 19.4. The largest absolute Gasteiger partial charge is 0.491 e. The van der Waals surface area contributed by atoms with E-state index in [-0.39, 0.29) is 11.6 Å². The van der Waals surface area contributed by atoms with Gasteiger partial charge in [0.2, 0.25) is 0 Å². The summed E-state index contributed by atoms with van der Waals surface area (Å²) in [6, 6.07) is 10.8. The molecule has 0 bridgehead atoms. The van der Waals surface area contributed by atoms with Crippen LogP contribution in [0, 0.1) is 0 Å². The number of pyridine rings is 1. The highest BCUT2D eigenvalue weighted by Gasteiger charge is 2.33. The topological polar surface area (TPSA) is 69.2 Å². The molecular weight excluding hydrogens is 373 g/mol. The number of rotatable bonds is 7. The zero-order valence-corrected chi connectivity index (χ0v) is 14.9. The van der Waals surface area contributed by atoms with Gasteiger partial charge in [-0.3, -0.25) is 4.98 Å². The number of benzene rings is 1. The first kappa shape index (κ1) is 19.6. The molecule has 1 N–H and O–H groups in total. The monoisotopic (exact) mass is 390 g/mol. The number of methoxy groups -OCH3 is 1. The predicted octanol–water partition coefficient (Wildman–Crippen LogP) is 4.33. The molecule has 0 saturated heterocycles. The van der Waals surface area contributed by atoms with E-state index in [9.17, 15) is 13.2 Å². The van der Waals surface area contributed by atoms with Crippen molar-refractivity contribution in [1.82, 2.24) is 15.0 Å². The molecule has 0 atom stereocenters. The Balaban J connectivity index is 1.90. The van der Waals surface area contributed by atoms with Gasteiger partial charge in [0.1, 0.15) is 18.2 Å². The fourth-order valence-electron chi connectivity index (χ4n) is 2.34. The number of alkyl halides is 3. The second kappa shape index (κ2) is 8.66. The highest BCUT2D eigenvalue weighted by Crippen LogP contribution is 2.31. The van der Waals surface area contributed by atoms with Crippen LogP contribution in [-0.4, -0.2) is 35.3 Å². The molecule has 1 aromatic carbocycles. The summed E-state index contributed by atoms with van der Waals surface area (Å²) in [5, 5.41) is 2.88. The lowest BCUT2D eigenvalue weighted by molar-refractivity contribution is -0.141. The molecule has 28 heavy (non-hydrogen) atoms. The average molecular weight is 390 g/mol. The Morgan fingerprint density at radius 3 is 2.50 bits per heavy atom. The number of hydrogen-bond acceptors (Lipinski definition) is 6. The van der Waals surface area contributed by atoms with Crippen LogP contribution in [0.2, 0.25) is 0 Å². The fourth-order valence-corrected chi connectivity index (χ4v) is 2.34. The van der Waals surface area contributed by atoms with Gasteiger partial charge in [0.15, 0.2) is 11.5 Å². The van der Waals surface area contributed by atoms with E-state index in [1.165, 1.54) is 12.4 Å². The molecule has 0 fully saturated rings. The van der Waals surface area contributed by atoms with E-state index in [2.05, 4.69) is 20.3 Å². The third-order valence-electron chi connectivity index (χ3n) is 3.62. The Kier molecular flexibility index (Phi) is 6.05. The van der Waals surface area contributed by atoms with Crippen molar-refractivity contribution >= 4 is 11.5 Å². The predicted molar refractivity (Wildman–Crippen MR) is 97.4 cm³/mol. The van der Waals surface area contributed by atoms with E-state index in [0.717, 1.165) is 6.07 Å². The van der Waals surface area contributed by atoms with Crippen molar-refractivity contribution < 1.29 is 22.6 Å². The summed E-state index contributed by atoms with van der Waals surface area (Å²) in [6.45, 7) is 0.783. The lowest BCUT2D eigenvalue weighted by atomic mass is 10.2. The van der Waals surface area contributed by atoms with Crippen molar-refractivity contribution in [2.75, 3.05) is 25.6 Å². The van der Waals surface area contributed by atoms with Gasteiger partial charge in [0.05, 0.1) is 6.61 Å². The number of nitrogens with one attached hydrogen (secondary N) is 1. The second-order valence-corrected chi connectivity index (χ2v) is 5.69. The summed E-state index contributed by atoms with van der Waals surface area (Å²) in [4.78, 5) is 11.7.